The van der Waals surface area contributed by atoms with E-state index in [0.717, 1.165) is 6.42 Å². The molecular formula is C15H23NO2. The van der Waals surface area contributed by atoms with Crippen molar-refractivity contribution < 1.29 is 9.53 Å². The first-order valence-corrected chi connectivity index (χ1v) is 6.44. The quantitative estimate of drug-likeness (QED) is 0.805. The average Bonchev–Trinajstić information content (AvgIpc) is 2.36. The summed E-state index contributed by atoms with van der Waals surface area (Å²) in [5.41, 5.74) is 1.17. The number of carbonyl (C=O) groups is 1. The Balaban J connectivity index is 2.56. The number of amides is 1. The third-order valence-electron chi connectivity index (χ3n) is 2.75. The van der Waals surface area contributed by atoms with Gasteiger partial charge >= 0.3 is 0 Å². The van der Waals surface area contributed by atoms with Crippen molar-refractivity contribution in [1.29, 1.82) is 0 Å². The molecule has 3 heteroatoms. The highest BCUT2D eigenvalue weighted by Gasteiger charge is 2.18. The summed E-state index contributed by atoms with van der Waals surface area (Å²) >= 11 is 0. The number of carbonyl (C=O) groups excluding carboxylic acids is 1. The van der Waals surface area contributed by atoms with Crippen molar-refractivity contribution in [3.63, 3.8) is 0 Å². The largest absolute Gasteiger partial charge is 0.384 e. The SMILES string of the molecule is COCC(Cc1ccccc1)C(=O)NCC(C)C. The Hall–Kier alpha value is -1.35. The molecule has 0 radical (unpaired) electrons. The molecule has 1 amide bonds. The van der Waals surface area contributed by atoms with Gasteiger partial charge in [-0.1, -0.05) is 44.2 Å². The van der Waals surface area contributed by atoms with E-state index in [9.17, 15) is 4.79 Å². The van der Waals surface area contributed by atoms with Crippen LogP contribution in [0.5, 0.6) is 0 Å². The standard InChI is InChI=1S/C15H23NO2/c1-12(2)10-16-15(17)14(11-18-3)9-13-7-5-4-6-8-13/h4-8,12,14H,9-11H2,1-3H3,(H,16,17). The summed E-state index contributed by atoms with van der Waals surface area (Å²) in [6.07, 6.45) is 0.721. The van der Waals surface area contributed by atoms with Crippen molar-refractivity contribution in [2.45, 2.75) is 20.3 Å². The molecule has 1 aromatic carbocycles. The van der Waals surface area contributed by atoms with Gasteiger partial charge in [-0.3, -0.25) is 4.79 Å². The number of rotatable bonds is 7. The van der Waals surface area contributed by atoms with Gasteiger partial charge in [-0.15, -0.1) is 0 Å². The number of methoxy groups -OCH3 is 1. The fourth-order valence-corrected chi connectivity index (χ4v) is 1.78. The maximum absolute atomic E-state index is 12.1. The molecule has 100 valence electrons. The van der Waals surface area contributed by atoms with E-state index in [1.165, 1.54) is 5.56 Å². The first-order valence-electron chi connectivity index (χ1n) is 6.44. The molecule has 0 bridgehead atoms. The van der Waals surface area contributed by atoms with E-state index in [1.54, 1.807) is 7.11 Å². The number of nitrogens with one attached hydrogen (secondary N) is 1. The van der Waals surface area contributed by atoms with Gasteiger partial charge in [-0.25, -0.2) is 0 Å². The molecule has 1 atom stereocenters. The Morgan fingerprint density at radius 2 is 1.94 bits per heavy atom. The molecular weight excluding hydrogens is 226 g/mol. The molecule has 18 heavy (non-hydrogen) atoms. The molecule has 0 heterocycles. The molecule has 0 aromatic heterocycles. The normalized spacial score (nSPS) is 12.4. The number of hydrogen-bond donors (Lipinski definition) is 1. The molecule has 1 aromatic rings. The van der Waals surface area contributed by atoms with E-state index in [0.29, 0.717) is 19.1 Å². The first-order chi connectivity index (χ1) is 8.63. The Bertz CT molecular complexity index is 349. The van der Waals surface area contributed by atoms with Crippen LogP contribution in [0.3, 0.4) is 0 Å². The third kappa shape index (κ3) is 5.32. The molecule has 0 saturated heterocycles. The Labute approximate surface area is 110 Å². The molecule has 0 aliphatic rings. The predicted octanol–water partition coefficient (Wildman–Crippen LogP) is 2.26. The highest BCUT2D eigenvalue weighted by Crippen LogP contribution is 2.09. The van der Waals surface area contributed by atoms with Crippen LogP contribution < -0.4 is 5.32 Å². The van der Waals surface area contributed by atoms with Crippen molar-refractivity contribution in [3.8, 4) is 0 Å². The van der Waals surface area contributed by atoms with Crippen LogP contribution in [0.4, 0.5) is 0 Å². The average molecular weight is 249 g/mol. The molecule has 3 nitrogen and oxygen atoms in total. The van der Waals surface area contributed by atoms with Crippen molar-refractivity contribution in [3.05, 3.63) is 35.9 Å². The lowest BCUT2D eigenvalue weighted by molar-refractivity contribution is -0.126. The zero-order valence-corrected chi connectivity index (χ0v) is 11.5. The van der Waals surface area contributed by atoms with Gasteiger partial charge in [0.05, 0.1) is 12.5 Å². The van der Waals surface area contributed by atoms with Crippen molar-refractivity contribution in [1.82, 2.24) is 5.32 Å². The summed E-state index contributed by atoms with van der Waals surface area (Å²) < 4.78 is 5.14. The van der Waals surface area contributed by atoms with Gasteiger partial charge in [0.2, 0.25) is 5.91 Å². The van der Waals surface area contributed by atoms with Gasteiger partial charge in [0.1, 0.15) is 0 Å². The summed E-state index contributed by atoms with van der Waals surface area (Å²) in [7, 11) is 1.63. The Morgan fingerprint density at radius 3 is 2.50 bits per heavy atom. The molecule has 0 aliphatic heterocycles. The summed E-state index contributed by atoms with van der Waals surface area (Å²) in [6.45, 7) is 5.35. The van der Waals surface area contributed by atoms with E-state index < -0.39 is 0 Å². The minimum Gasteiger partial charge on any atom is -0.384 e. The van der Waals surface area contributed by atoms with Crippen molar-refractivity contribution in [2.24, 2.45) is 11.8 Å². The monoisotopic (exact) mass is 249 g/mol. The molecule has 0 spiro atoms. The summed E-state index contributed by atoms with van der Waals surface area (Å²) in [6, 6.07) is 10.0. The van der Waals surface area contributed by atoms with Crippen molar-refractivity contribution >= 4 is 5.91 Å². The van der Waals surface area contributed by atoms with Crippen molar-refractivity contribution in [2.75, 3.05) is 20.3 Å². The third-order valence-corrected chi connectivity index (χ3v) is 2.75. The number of benzene rings is 1. The van der Waals surface area contributed by atoms with Gasteiger partial charge in [0, 0.05) is 13.7 Å². The first kappa shape index (κ1) is 14.7. The highest BCUT2D eigenvalue weighted by molar-refractivity contribution is 5.79. The second-order valence-electron chi connectivity index (χ2n) is 4.98. The van der Waals surface area contributed by atoms with Crippen LogP contribution in [0.25, 0.3) is 0 Å². The van der Waals surface area contributed by atoms with Crippen LogP contribution >= 0.6 is 0 Å². The minimum atomic E-state index is -0.115. The smallest absolute Gasteiger partial charge is 0.225 e. The van der Waals surface area contributed by atoms with Gasteiger partial charge in [-0.05, 0) is 17.9 Å². The van der Waals surface area contributed by atoms with Crippen LogP contribution in [0.15, 0.2) is 30.3 Å². The maximum atomic E-state index is 12.1. The van der Waals surface area contributed by atoms with E-state index in [1.807, 2.05) is 30.3 Å². The second kappa shape index (κ2) is 7.88. The topological polar surface area (TPSA) is 38.3 Å². The van der Waals surface area contributed by atoms with Crippen LogP contribution in [-0.2, 0) is 16.0 Å². The fourth-order valence-electron chi connectivity index (χ4n) is 1.78. The summed E-state index contributed by atoms with van der Waals surface area (Å²) in [5.74, 6) is 0.430. The highest BCUT2D eigenvalue weighted by atomic mass is 16.5. The van der Waals surface area contributed by atoms with Crippen LogP contribution in [0, 0.1) is 11.8 Å². The number of ether oxygens (including phenoxy) is 1. The molecule has 0 saturated carbocycles. The lowest BCUT2D eigenvalue weighted by Gasteiger charge is -2.17. The minimum absolute atomic E-state index is 0.0782. The van der Waals surface area contributed by atoms with E-state index in [-0.39, 0.29) is 11.8 Å². The van der Waals surface area contributed by atoms with E-state index in [4.69, 9.17) is 4.74 Å². The number of hydrogen-bond acceptors (Lipinski definition) is 2. The zero-order chi connectivity index (χ0) is 13.4. The Kier molecular flexibility index (Phi) is 6.44. The molecule has 1 N–H and O–H groups in total. The maximum Gasteiger partial charge on any atom is 0.225 e. The summed E-state index contributed by atoms with van der Waals surface area (Å²) in [5, 5.41) is 2.97. The second-order valence-corrected chi connectivity index (χ2v) is 4.98. The fraction of sp³-hybridized carbons (Fsp3) is 0.533. The predicted molar refractivity (Wildman–Crippen MR) is 73.4 cm³/mol. The van der Waals surface area contributed by atoms with Gasteiger partial charge in [0.25, 0.3) is 0 Å². The molecule has 1 rings (SSSR count). The molecule has 1 unspecified atom stereocenters. The molecule has 0 aliphatic carbocycles. The molecule has 0 fully saturated rings. The zero-order valence-electron chi connectivity index (χ0n) is 11.5. The van der Waals surface area contributed by atoms with E-state index >= 15 is 0 Å². The van der Waals surface area contributed by atoms with Gasteiger partial charge in [-0.2, -0.15) is 0 Å². The van der Waals surface area contributed by atoms with Gasteiger partial charge < -0.3 is 10.1 Å². The van der Waals surface area contributed by atoms with E-state index in [2.05, 4.69) is 19.2 Å². The van der Waals surface area contributed by atoms with Crippen LogP contribution in [-0.4, -0.2) is 26.2 Å². The lowest BCUT2D eigenvalue weighted by atomic mass is 9.99. The summed E-state index contributed by atoms with van der Waals surface area (Å²) in [4.78, 5) is 12.1. The lowest BCUT2D eigenvalue weighted by Crippen LogP contribution is -2.36. The van der Waals surface area contributed by atoms with Crippen LogP contribution in [0.1, 0.15) is 19.4 Å². The Morgan fingerprint density at radius 1 is 1.28 bits per heavy atom. The van der Waals surface area contributed by atoms with Crippen LogP contribution in [0.2, 0.25) is 0 Å². The van der Waals surface area contributed by atoms with Gasteiger partial charge in [0.15, 0.2) is 0 Å².